The number of pyridine rings is 1. The Bertz CT molecular complexity index is 802. The van der Waals surface area contributed by atoms with Crippen LogP contribution in [0.3, 0.4) is 0 Å². The summed E-state index contributed by atoms with van der Waals surface area (Å²) >= 11 is 6.11. The molecule has 0 spiro atoms. The third kappa shape index (κ3) is 5.30. The molecule has 1 aliphatic carbocycles. The van der Waals surface area contributed by atoms with Gasteiger partial charge in [0.15, 0.2) is 0 Å². The maximum atomic E-state index is 12.5. The molecular weight excluding hydrogens is 362 g/mol. The molecule has 0 aliphatic heterocycles. The van der Waals surface area contributed by atoms with E-state index in [0.717, 1.165) is 24.1 Å². The molecule has 142 valence electrons. The van der Waals surface area contributed by atoms with Crippen LogP contribution in [-0.4, -0.2) is 16.8 Å². The molecule has 1 aliphatic rings. The molecule has 1 aromatic carbocycles. The number of carbonyl (C=O) groups excluding carboxylic acids is 2. The summed E-state index contributed by atoms with van der Waals surface area (Å²) in [5, 5.41) is 6.53. The molecule has 3 rings (SSSR count). The van der Waals surface area contributed by atoms with E-state index in [1.807, 2.05) is 37.3 Å². The molecule has 1 fully saturated rings. The minimum absolute atomic E-state index is 0.00210. The minimum Gasteiger partial charge on any atom is -0.350 e. The number of aromatic nitrogens is 1. The van der Waals surface area contributed by atoms with Gasteiger partial charge in [0.2, 0.25) is 11.8 Å². The van der Waals surface area contributed by atoms with Gasteiger partial charge in [0.1, 0.15) is 0 Å². The van der Waals surface area contributed by atoms with Crippen molar-refractivity contribution >= 4 is 29.1 Å². The summed E-state index contributed by atoms with van der Waals surface area (Å²) in [6, 6.07) is 11.2. The van der Waals surface area contributed by atoms with E-state index in [0.29, 0.717) is 30.1 Å². The summed E-state index contributed by atoms with van der Waals surface area (Å²) in [7, 11) is 0. The van der Waals surface area contributed by atoms with Gasteiger partial charge in [-0.1, -0.05) is 23.7 Å². The van der Waals surface area contributed by atoms with Crippen LogP contribution in [-0.2, 0) is 16.1 Å². The van der Waals surface area contributed by atoms with Crippen LogP contribution >= 0.6 is 11.6 Å². The van der Waals surface area contributed by atoms with E-state index in [1.54, 1.807) is 12.3 Å². The summed E-state index contributed by atoms with van der Waals surface area (Å²) in [5.74, 6) is -0.0522. The van der Waals surface area contributed by atoms with Crippen LogP contribution in [0.5, 0.6) is 0 Å². The van der Waals surface area contributed by atoms with Gasteiger partial charge in [-0.3, -0.25) is 14.6 Å². The van der Waals surface area contributed by atoms with Crippen molar-refractivity contribution in [3.63, 3.8) is 0 Å². The molecule has 0 atom stereocenters. The normalized spacial score (nSPS) is 19.3. The second-order valence-electron chi connectivity index (χ2n) is 7.04. The van der Waals surface area contributed by atoms with Crippen LogP contribution < -0.4 is 10.6 Å². The van der Waals surface area contributed by atoms with Crippen LogP contribution in [0.25, 0.3) is 0 Å². The highest BCUT2D eigenvalue weighted by Crippen LogP contribution is 2.30. The van der Waals surface area contributed by atoms with Crippen LogP contribution in [0, 0.1) is 18.8 Å². The fourth-order valence-corrected chi connectivity index (χ4v) is 3.54. The fourth-order valence-electron chi connectivity index (χ4n) is 3.36. The van der Waals surface area contributed by atoms with Gasteiger partial charge >= 0.3 is 0 Å². The number of benzene rings is 1. The smallest absolute Gasteiger partial charge is 0.227 e. The highest BCUT2D eigenvalue weighted by Gasteiger charge is 2.29. The fraction of sp³-hybridized carbons (Fsp3) is 0.381. The predicted molar refractivity (Wildman–Crippen MR) is 106 cm³/mol. The first-order valence-electron chi connectivity index (χ1n) is 9.27. The maximum Gasteiger partial charge on any atom is 0.227 e. The lowest BCUT2D eigenvalue weighted by Gasteiger charge is -2.27. The van der Waals surface area contributed by atoms with Crippen LogP contribution in [0.4, 0.5) is 5.69 Å². The number of aryl methyl sites for hydroxylation is 1. The SMILES string of the molecule is Cc1ccc(NC(=O)C2CCC(C(=O)NCc3ccccn3)CC2)cc1Cl. The molecule has 27 heavy (non-hydrogen) atoms. The number of nitrogens with one attached hydrogen (secondary N) is 2. The summed E-state index contributed by atoms with van der Waals surface area (Å²) in [4.78, 5) is 29.0. The molecule has 2 N–H and O–H groups in total. The number of nitrogens with zero attached hydrogens (tertiary/aromatic N) is 1. The number of carbonyl (C=O) groups is 2. The second-order valence-corrected chi connectivity index (χ2v) is 7.45. The van der Waals surface area contributed by atoms with Crippen LogP contribution in [0.2, 0.25) is 5.02 Å². The molecule has 0 saturated heterocycles. The molecule has 0 radical (unpaired) electrons. The first kappa shape index (κ1) is 19.4. The van der Waals surface area contributed by atoms with E-state index in [2.05, 4.69) is 15.6 Å². The molecule has 1 aromatic heterocycles. The average molecular weight is 386 g/mol. The minimum atomic E-state index is -0.0649. The van der Waals surface area contributed by atoms with E-state index in [-0.39, 0.29) is 23.7 Å². The van der Waals surface area contributed by atoms with E-state index >= 15 is 0 Å². The molecule has 1 saturated carbocycles. The highest BCUT2D eigenvalue weighted by molar-refractivity contribution is 6.31. The Morgan fingerprint density at radius 2 is 1.78 bits per heavy atom. The van der Waals surface area contributed by atoms with Crippen LogP contribution in [0.15, 0.2) is 42.6 Å². The van der Waals surface area contributed by atoms with Crippen molar-refractivity contribution in [2.45, 2.75) is 39.2 Å². The molecule has 0 unspecified atom stereocenters. The van der Waals surface area contributed by atoms with E-state index < -0.39 is 0 Å². The van der Waals surface area contributed by atoms with Gasteiger partial charge in [-0.15, -0.1) is 0 Å². The summed E-state index contributed by atoms with van der Waals surface area (Å²) in [5.41, 5.74) is 2.54. The van der Waals surface area contributed by atoms with Crippen molar-refractivity contribution in [3.05, 3.63) is 58.9 Å². The van der Waals surface area contributed by atoms with Crippen molar-refractivity contribution in [2.75, 3.05) is 5.32 Å². The lowest BCUT2D eigenvalue weighted by molar-refractivity contribution is -0.128. The molecule has 6 heteroatoms. The van der Waals surface area contributed by atoms with Crippen molar-refractivity contribution in [1.29, 1.82) is 0 Å². The molecule has 2 amide bonds. The molecular formula is C21H24ClN3O2. The Balaban J connectivity index is 1.45. The Morgan fingerprint density at radius 3 is 2.41 bits per heavy atom. The summed E-state index contributed by atoms with van der Waals surface area (Å²) < 4.78 is 0. The number of halogens is 1. The number of anilines is 1. The number of hydrogen-bond acceptors (Lipinski definition) is 3. The number of rotatable bonds is 5. The first-order valence-corrected chi connectivity index (χ1v) is 9.65. The maximum absolute atomic E-state index is 12.5. The van der Waals surface area contributed by atoms with Gasteiger partial charge in [-0.05, 0) is 62.4 Å². The van der Waals surface area contributed by atoms with Crippen molar-refractivity contribution in [2.24, 2.45) is 11.8 Å². The van der Waals surface area contributed by atoms with Gasteiger partial charge in [0, 0.05) is 28.7 Å². The van der Waals surface area contributed by atoms with Gasteiger partial charge in [0.05, 0.1) is 12.2 Å². The van der Waals surface area contributed by atoms with Gasteiger partial charge in [0.25, 0.3) is 0 Å². The van der Waals surface area contributed by atoms with E-state index in [1.165, 1.54) is 0 Å². The Hall–Kier alpha value is -2.40. The molecule has 2 aromatic rings. The predicted octanol–water partition coefficient (Wildman–Crippen LogP) is 4.10. The largest absolute Gasteiger partial charge is 0.350 e. The quantitative estimate of drug-likeness (QED) is 0.813. The van der Waals surface area contributed by atoms with Crippen molar-refractivity contribution in [3.8, 4) is 0 Å². The van der Waals surface area contributed by atoms with Gasteiger partial charge < -0.3 is 10.6 Å². The zero-order valence-electron chi connectivity index (χ0n) is 15.4. The first-order chi connectivity index (χ1) is 13.0. The molecule has 1 heterocycles. The second kappa shape index (κ2) is 9.00. The topological polar surface area (TPSA) is 71.1 Å². The standard InChI is InChI=1S/C21H24ClN3O2/c1-14-5-10-17(12-19(14)22)25-21(27)16-8-6-15(7-9-16)20(26)24-13-18-4-2-3-11-23-18/h2-5,10-12,15-16H,6-9,13H2,1H3,(H,24,26)(H,25,27). The third-order valence-electron chi connectivity index (χ3n) is 5.08. The van der Waals surface area contributed by atoms with Crippen molar-refractivity contribution in [1.82, 2.24) is 10.3 Å². The lowest BCUT2D eigenvalue weighted by atomic mass is 9.81. The number of amides is 2. The number of hydrogen-bond donors (Lipinski definition) is 2. The van der Waals surface area contributed by atoms with Crippen LogP contribution in [0.1, 0.15) is 36.9 Å². The monoisotopic (exact) mass is 385 g/mol. The van der Waals surface area contributed by atoms with E-state index in [9.17, 15) is 9.59 Å². The lowest BCUT2D eigenvalue weighted by Crippen LogP contribution is -2.35. The Morgan fingerprint density at radius 1 is 1.07 bits per heavy atom. The zero-order valence-corrected chi connectivity index (χ0v) is 16.1. The zero-order chi connectivity index (χ0) is 19.2. The van der Waals surface area contributed by atoms with Gasteiger partial charge in [-0.2, -0.15) is 0 Å². The summed E-state index contributed by atoms with van der Waals surface area (Å²) in [6.07, 6.45) is 4.59. The van der Waals surface area contributed by atoms with E-state index in [4.69, 9.17) is 11.6 Å². The highest BCUT2D eigenvalue weighted by atomic mass is 35.5. The average Bonchev–Trinajstić information content (AvgIpc) is 2.70. The molecule has 5 nitrogen and oxygen atoms in total. The third-order valence-corrected chi connectivity index (χ3v) is 5.49. The Kier molecular flexibility index (Phi) is 6.45. The Labute approximate surface area is 164 Å². The van der Waals surface area contributed by atoms with Gasteiger partial charge in [-0.25, -0.2) is 0 Å². The van der Waals surface area contributed by atoms with Crippen molar-refractivity contribution < 1.29 is 9.59 Å². The molecule has 0 bridgehead atoms. The summed E-state index contributed by atoms with van der Waals surface area (Å²) in [6.45, 7) is 2.36.